The highest BCUT2D eigenvalue weighted by Crippen LogP contribution is 2.32. The maximum Gasteiger partial charge on any atom is 0.193 e. The first-order valence-electron chi connectivity index (χ1n) is 11.6. The second-order valence-electron chi connectivity index (χ2n) is 8.59. The molecule has 1 aliphatic rings. The summed E-state index contributed by atoms with van der Waals surface area (Å²) in [5, 5.41) is 9.24. The molecule has 1 aromatic heterocycles. The van der Waals surface area contributed by atoms with Gasteiger partial charge in [0.2, 0.25) is 0 Å². The highest BCUT2D eigenvalue weighted by atomic mass is 16.5. The lowest BCUT2D eigenvalue weighted by molar-refractivity contribution is 0.225. The van der Waals surface area contributed by atoms with Gasteiger partial charge in [-0.25, -0.2) is 0 Å². The maximum absolute atomic E-state index is 8.20. The fraction of sp³-hybridized carbons (Fsp3) is 0.423. The molecule has 1 saturated heterocycles. The van der Waals surface area contributed by atoms with Crippen LogP contribution >= 0.6 is 0 Å². The first-order valence-corrected chi connectivity index (χ1v) is 11.6. The molecule has 3 N–H and O–H groups in total. The van der Waals surface area contributed by atoms with Gasteiger partial charge in [-0.2, -0.15) is 0 Å². The minimum atomic E-state index is -0.0361. The van der Waals surface area contributed by atoms with Crippen LogP contribution in [0.2, 0.25) is 0 Å². The molecule has 1 aliphatic heterocycles. The van der Waals surface area contributed by atoms with Crippen molar-refractivity contribution in [2.24, 2.45) is 5.73 Å². The number of furan rings is 1. The Morgan fingerprint density at radius 3 is 2.66 bits per heavy atom. The third-order valence-electron chi connectivity index (χ3n) is 6.25. The Kier molecular flexibility index (Phi) is 7.32. The Hall–Kier alpha value is -2.99. The van der Waals surface area contributed by atoms with Gasteiger partial charge < -0.3 is 24.7 Å². The molecule has 0 unspecified atom stereocenters. The molecule has 170 valence electrons. The fourth-order valence-electron chi connectivity index (χ4n) is 4.52. The molecule has 0 spiro atoms. The van der Waals surface area contributed by atoms with Gasteiger partial charge in [0.05, 0.1) is 19.3 Å². The standard InChI is InChI=1S/C26H34N4O2/c1-31-25-13-12-20(9-5-8-16-29-14-6-2-7-15-29)17-23(25)30(26(27)28)19-22-18-21-10-3-4-11-24(21)32-22/h3-4,10-13,17-18H,2,5-9,14-16,19H2,1H3,(H3,27,28). The second kappa shape index (κ2) is 10.6. The number of benzene rings is 2. The molecule has 0 bridgehead atoms. The van der Waals surface area contributed by atoms with Crippen LogP contribution in [-0.4, -0.2) is 37.6 Å². The van der Waals surface area contributed by atoms with Crippen molar-refractivity contribution in [2.45, 2.75) is 45.1 Å². The van der Waals surface area contributed by atoms with E-state index in [2.05, 4.69) is 17.0 Å². The largest absolute Gasteiger partial charge is 0.495 e. The number of methoxy groups -OCH3 is 1. The number of nitrogens with one attached hydrogen (secondary N) is 1. The van der Waals surface area contributed by atoms with Crippen LogP contribution in [-0.2, 0) is 13.0 Å². The van der Waals surface area contributed by atoms with Gasteiger partial charge in [-0.3, -0.25) is 5.41 Å². The predicted molar refractivity (Wildman–Crippen MR) is 131 cm³/mol. The van der Waals surface area contributed by atoms with Crippen LogP contribution in [0.5, 0.6) is 5.75 Å². The van der Waals surface area contributed by atoms with E-state index in [4.69, 9.17) is 20.3 Å². The van der Waals surface area contributed by atoms with Crippen LogP contribution < -0.4 is 15.4 Å². The van der Waals surface area contributed by atoms with E-state index in [1.165, 1.54) is 50.9 Å². The summed E-state index contributed by atoms with van der Waals surface area (Å²) in [5.74, 6) is 1.43. The summed E-state index contributed by atoms with van der Waals surface area (Å²) in [6.45, 7) is 4.07. The van der Waals surface area contributed by atoms with Gasteiger partial charge >= 0.3 is 0 Å². The number of likely N-dealkylation sites (tertiary alicyclic amines) is 1. The van der Waals surface area contributed by atoms with Crippen molar-refractivity contribution in [3.63, 3.8) is 0 Å². The maximum atomic E-state index is 8.20. The van der Waals surface area contributed by atoms with Crippen LogP contribution in [0.3, 0.4) is 0 Å². The van der Waals surface area contributed by atoms with Crippen molar-refractivity contribution in [3.05, 3.63) is 59.9 Å². The van der Waals surface area contributed by atoms with Crippen molar-refractivity contribution >= 4 is 22.6 Å². The molecule has 32 heavy (non-hydrogen) atoms. The van der Waals surface area contributed by atoms with Crippen LogP contribution in [0.15, 0.2) is 52.9 Å². The van der Waals surface area contributed by atoms with E-state index in [0.717, 1.165) is 35.3 Å². The van der Waals surface area contributed by atoms with Crippen LogP contribution in [0.4, 0.5) is 5.69 Å². The van der Waals surface area contributed by atoms with Gasteiger partial charge in [-0.05, 0) is 81.6 Å². The number of piperidine rings is 1. The molecule has 1 fully saturated rings. The number of aryl methyl sites for hydroxylation is 1. The smallest absolute Gasteiger partial charge is 0.193 e. The third-order valence-corrected chi connectivity index (χ3v) is 6.25. The van der Waals surface area contributed by atoms with Crippen molar-refractivity contribution in [3.8, 4) is 5.75 Å². The Morgan fingerprint density at radius 2 is 1.91 bits per heavy atom. The molecule has 4 rings (SSSR count). The van der Waals surface area contributed by atoms with Gasteiger partial charge in [0.25, 0.3) is 0 Å². The van der Waals surface area contributed by atoms with E-state index >= 15 is 0 Å². The normalized spacial score (nSPS) is 14.5. The molecule has 0 atom stereocenters. The number of nitrogens with two attached hydrogens (primary N) is 1. The van der Waals surface area contributed by atoms with Gasteiger partial charge in [-0.15, -0.1) is 0 Å². The number of para-hydroxylation sites is 1. The Labute approximate surface area is 190 Å². The molecule has 0 amide bonds. The predicted octanol–water partition coefficient (Wildman–Crippen LogP) is 5.15. The van der Waals surface area contributed by atoms with Crippen LogP contribution in [0.25, 0.3) is 11.0 Å². The number of ether oxygens (including phenoxy) is 1. The number of anilines is 1. The van der Waals surface area contributed by atoms with E-state index in [9.17, 15) is 0 Å². The number of hydrogen-bond donors (Lipinski definition) is 2. The molecule has 2 heterocycles. The fourth-order valence-corrected chi connectivity index (χ4v) is 4.52. The summed E-state index contributed by atoms with van der Waals surface area (Å²) in [6, 6.07) is 16.1. The molecule has 3 aromatic rings. The average molecular weight is 435 g/mol. The first kappa shape index (κ1) is 22.2. The minimum Gasteiger partial charge on any atom is -0.495 e. The number of nitrogens with zero attached hydrogens (tertiary/aromatic N) is 2. The summed E-state index contributed by atoms with van der Waals surface area (Å²) in [7, 11) is 1.65. The first-order chi connectivity index (χ1) is 15.6. The SMILES string of the molecule is COc1ccc(CCCCN2CCCCC2)cc1N(Cc1cc2ccccc2o1)C(=N)N. The number of hydrogen-bond acceptors (Lipinski definition) is 4. The Bertz CT molecular complexity index is 1010. The van der Waals surface area contributed by atoms with E-state index in [0.29, 0.717) is 12.3 Å². The van der Waals surface area contributed by atoms with E-state index < -0.39 is 0 Å². The topological polar surface area (TPSA) is 78.7 Å². The lowest BCUT2D eigenvalue weighted by Gasteiger charge is -2.26. The van der Waals surface area contributed by atoms with Crippen molar-refractivity contribution in [2.75, 3.05) is 31.6 Å². The quantitative estimate of drug-likeness (QED) is 0.277. The van der Waals surface area contributed by atoms with Crippen molar-refractivity contribution < 1.29 is 9.15 Å². The molecule has 0 aliphatic carbocycles. The molecule has 6 nitrogen and oxygen atoms in total. The summed E-state index contributed by atoms with van der Waals surface area (Å²) in [6.07, 6.45) is 7.41. The van der Waals surface area contributed by atoms with Gasteiger partial charge in [-0.1, -0.05) is 30.7 Å². The summed E-state index contributed by atoms with van der Waals surface area (Å²) in [4.78, 5) is 4.33. The lowest BCUT2D eigenvalue weighted by Crippen LogP contribution is -2.36. The van der Waals surface area contributed by atoms with Gasteiger partial charge in [0.15, 0.2) is 5.96 Å². The molecular formula is C26H34N4O2. The molecule has 2 aromatic carbocycles. The minimum absolute atomic E-state index is 0.0361. The number of unbranched alkanes of at least 4 members (excludes halogenated alkanes) is 1. The zero-order valence-corrected chi connectivity index (χ0v) is 19.0. The highest BCUT2D eigenvalue weighted by molar-refractivity contribution is 5.94. The Morgan fingerprint density at radius 1 is 1.09 bits per heavy atom. The van der Waals surface area contributed by atoms with Crippen molar-refractivity contribution in [1.82, 2.24) is 4.90 Å². The number of fused-ring (bicyclic) bond motifs is 1. The average Bonchev–Trinajstić information content (AvgIpc) is 3.23. The second-order valence-corrected chi connectivity index (χ2v) is 8.59. The van der Waals surface area contributed by atoms with Gasteiger partial charge in [0.1, 0.15) is 17.1 Å². The van der Waals surface area contributed by atoms with E-state index in [1.54, 1.807) is 12.0 Å². The van der Waals surface area contributed by atoms with Crippen LogP contribution in [0.1, 0.15) is 43.4 Å². The Balaban J connectivity index is 1.45. The molecule has 0 saturated carbocycles. The monoisotopic (exact) mass is 434 g/mol. The van der Waals surface area contributed by atoms with E-state index in [-0.39, 0.29) is 5.96 Å². The summed E-state index contributed by atoms with van der Waals surface area (Å²) < 4.78 is 11.6. The third kappa shape index (κ3) is 5.43. The van der Waals surface area contributed by atoms with Crippen molar-refractivity contribution in [1.29, 1.82) is 5.41 Å². The lowest BCUT2D eigenvalue weighted by atomic mass is 10.1. The van der Waals surface area contributed by atoms with E-state index in [1.807, 2.05) is 36.4 Å². The van der Waals surface area contributed by atoms with Crippen LogP contribution in [0, 0.1) is 5.41 Å². The zero-order valence-electron chi connectivity index (χ0n) is 19.0. The molecule has 6 heteroatoms. The molecule has 0 radical (unpaired) electrons. The molecular weight excluding hydrogens is 400 g/mol. The highest BCUT2D eigenvalue weighted by Gasteiger charge is 2.18. The van der Waals surface area contributed by atoms with Gasteiger partial charge in [0, 0.05) is 5.39 Å². The summed E-state index contributed by atoms with van der Waals surface area (Å²) >= 11 is 0. The zero-order chi connectivity index (χ0) is 22.3. The number of guanidine groups is 1. The summed E-state index contributed by atoms with van der Waals surface area (Å²) in [5.41, 5.74) is 8.86. The number of rotatable bonds is 9.